The molecule has 3 heteroatoms. The number of hydrogen-bond acceptors (Lipinski definition) is 2. The number of hydrogen-bond donors (Lipinski definition) is 1. The lowest BCUT2D eigenvalue weighted by atomic mass is 10.0. The summed E-state index contributed by atoms with van der Waals surface area (Å²) in [4.78, 5) is 10.1. The standard InChI is InChI=1S/C15H19N3/c1-2-14(18-9-4-3-5-10-18)13-11-17-15-12(13)7-6-8-16-15/h2,6-8,11,14H,1,3-5,9-10H2,(H,16,17). The zero-order valence-corrected chi connectivity index (χ0v) is 10.6. The molecule has 0 aromatic carbocycles. The van der Waals surface area contributed by atoms with E-state index in [1.165, 1.54) is 43.3 Å². The van der Waals surface area contributed by atoms with Gasteiger partial charge in [0.15, 0.2) is 0 Å². The summed E-state index contributed by atoms with van der Waals surface area (Å²) in [6.45, 7) is 6.36. The van der Waals surface area contributed by atoms with Crippen LogP contribution in [-0.4, -0.2) is 28.0 Å². The Labute approximate surface area is 108 Å². The Bertz CT molecular complexity index is 537. The summed E-state index contributed by atoms with van der Waals surface area (Å²) < 4.78 is 0. The lowest BCUT2D eigenvalue weighted by Gasteiger charge is -2.32. The summed E-state index contributed by atoms with van der Waals surface area (Å²) in [5.74, 6) is 0. The van der Waals surface area contributed by atoms with Crippen LogP contribution in [0.3, 0.4) is 0 Å². The van der Waals surface area contributed by atoms with Gasteiger partial charge < -0.3 is 4.98 Å². The maximum atomic E-state index is 4.36. The Balaban J connectivity index is 1.97. The highest BCUT2D eigenvalue weighted by atomic mass is 15.2. The third-order valence-corrected chi connectivity index (χ3v) is 3.81. The van der Waals surface area contributed by atoms with Crippen molar-refractivity contribution >= 4 is 11.0 Å². The first-order valence-electron chi connectivity index (χ1n) is 6.69. The Morgan fingerprint density at radius 1 is 1.33 bits per heavy atom. The number of nitrogens with one attached hydrogen (secondary N) is 1. The highest BCUT2D eigenvalue weighted by Gasteiger charge is 2.21. The summed E-state index contributed by atoms with van der Waals surface area (Å²) in [6, 6.07) is 4.44. The van der Waals surface area contributed by atoms with Gasteiger partial charge in [-0.25, -0.2) is 4.98 Å². The molecule has 1 atom stereocenters. The van der Waals surface area contributed by atoms with Crippen LogP contribution < -0.4 is 0 Å². The van der Waals surface area contributed by atoms with Crippen LogP contribution >= 0.6 is 0 Å². The molecule has 1 saturated heterocycles. The zero-order chi connectivity index (χ0) is 12.4. The number of nitrogens with zero attached hydrogens (tertiary/aromatic N) is 2. The molecule has 18 heavy (non-hydrogen) atoms. The topological polar surface area (TPSA) is 31.9 Å². The van der Waals surface area contributed by atoms with E-state index in [0.29, 0.717) is 6.04 Å². The maximum Gasteiger partial charge on any atom is 0.137 e. The van der Waals surface area contributed by atoms with Crippen LogP contribution in [0.2, 0.25) is 0 Å². The normalized spacial score (nSPS) is 18.9. The second-order valence-corrected chi connectivity index (χ2v) is 4.92. The van der Waals surface area contributed by atoms with Crippen LogP contribution in [0.1, 0.15) is 30.9 Å². The van der Waals surface area contributed by atoms with Gasteiger partial charge in [0.1, 0.15) is 5.65 Å². The van der Waals surface area contributed by atoms with Gasteiger partial charge in [-0.3, -0.25) is 4.90 Å². The van der Waals surface area contributed by atoms with E-state index in [2.05, 4.69) is 39.8 Å². The molecule has 94 valence electrons. The largest absolute Gasteiger partial charge is 0.346 e. The van der Waals surface area contributed by atoms with Gasteiger partial charge in [-0.15, -0.1) is 6.58 Å². The van der Waals surface area contributed by atoms with E-state index in [9.17, 15) is 0 Å². The summed E-state index contributed by atoms with van der Waals surface area (Å²) in [6.07, 6.45) is 9.91. The van der Waals surface area contributed by atoms with E-state index >= 15 is 0 Å². The van der Waals surface area contributed by atoms with Crippen LogP contribution in [0.5, 0.6) is 0 Å². The molecule has 3 nitrogen and oxygen atoms in total. The molecule has 1 aliphatic rings. The predicted molar refractivity (Wildman–Crippen MR) is 74.5 cm³/mol. The van der Waals surface area contributed by atoms with E-state index in [1.807, 2.05) is 12.3 Å². The van der Waals surface area contributed by atoms with E-state index in [-0.39, 0.29) is 0 Å². The molecule has 0 radical (unpaired) electrons. The molecule has 0 saturated carbocycles. The quantitative estimate of drug-likeness (QED) is 0.836. The number of rotatable bonds is 3. The number of pyridine rings is 1. The van der Waals surface area contributed by atoms with Crippen molar-refractivity contribution in [1.82, 2.24) is 14.9 Å². The second-order valence-electron chi connectivity index (χ2n) is 4.92. The van der Waals surface area contributed by atoms with E-state index < -0.39 is 0 Å². The highest BCUT2D eigenvalue weighted by molar-refractivity contribution is 5.80. The second kappa shape index (κ2) is 4.94. The van der Waals surface area contributed by atoms with E-state index in [1.54, 1.807) is 0 Å². The van der Waals surface area contributed by atoms with Crippen molar-refractivity contribution in [1.29, 1.82) is 0 Å². The SMILES string of the molecule is C=CC(c1c[nH]c2ncccc12)N1CCCCC1. The Hall–Kier alpha value is -1.61. The molecule has 0 spiro atoms. The monoisotopic (exact) mass is 241 g/mol. The Morgan fingerprint density at radius 2 is 2.17 bits per heavy atom. The number of aromatic amines is 1. The minimum absolute atomic E-state index is 0.309. The molecule has 1 N–H and O–H groups in total. The third-order valence-electron chi connectivity index (χ3n) is 3.81. The molecule has 0 aliphatic carbocycles. The molecule has 1 aliphatic heterocycles. The smallest absolute Gasteiger partial charge is 0.137 e. The van der Waals surface area contributed by atoms with Crippen molar-refractivity contribution in [3.8, 4) is 0 Å². The number of aromatic nitrogens is 2. The van der Waals surface area contributed by atoms with Crippen molar-refractivity contribution < 1.29 is 0 Å². The van der Waals surface area contributed by atoms with Gasteiger partial charge in [-0.2, -0.15) is 0 Å². The first-order chi connectivity index (χ1) is 8.90. The van der Waals surface area contributed by atoms with Crippen molar-refractivity contribution in [2.45, 2.75) is 25.3 Å². The van der Waals surface area contributed by atoms with Crippen LogP contribution in [0, 0.1) is 0 Å². The van der Waals surface area contributed by atoms with Gasteiger partial charge in [-0.1, -0.05) is 12.5 Å². The van der Waals surface area contributed by atoms with Crippen LogP contribution in [0.25, 0.3) is 11.0 Å². The average Bonchev–Trinajstić information content (AvgIpc) is 2.85. The van der Waals surface area contributed by atoms with Gasteiger partial charge in [-0.05, 0) is 38.1 Å². The molecule has 3 heterocycles. The predicted octanol–water partition coefficient (Wildman–Crippen LogP) is 3.28. The Morgan fingerprint density at radius 3 is 2.94 bits per heavy atom. The highest BCUT2D eigenvalue weighted by Crippen LogP contribution is 2.30. The summed E-state index contributed by atoms with van der Waals surface area (Å²) >= 11 is 0. The maximum absolute atomic E-state index is 4.36. The summed E-state index contributed by atoms with van der Waals surface area (Å²) in [5, 5.41) is 1.22. The lowest BCUT2D eigenvalue weighted by Crippen LogP contribution is -2.32. The molecular formula is C15H19N3. The van der Waals surface area contributed by atoms with Crippen LogP contribution in [0.4, 0.5) is 0 Å². The number of likely N-dealkylation sites (tertiary alicyclic amines) is 1. The number of fused-ring (bicyclic) bond motifs is 1. The van der Waals surface area contributed by atoms with Crippen molar-refractivity contribution in [3.63, 3.8) is 0 Å². The fourth-order valence-corrected chi connectivity index (χ4v) is 2.89. The first-order valence-corrected chi connectivity index (χ1v) is 6.69. The fourth-order valence-electron chi connectivity index (χ4n) is 2.89. The van der Waals surface area contributed by atoms with Gasteiger partial charge in [0.05, 0.1) is 6.04 Å². The summed E-state index contributed by atoms with van der Waals surface area (Å²) in [5.41, 5.74) is 2.27. The minimum atomic E-state index is 0.309. The van der Waals surface area contributed by atoms with Crippen molar-refractivity contribution in [2.75, 3.05) is 13.1 Å². The Kier molecular flexibility index (Phi) is 3.15. The first kappa shape index (κ1) is 11.5. The van der Waals surface area contributed by atoms with E-state index in [4.69, 9.17) is 0 Å². The number of H-pyrrole nitrogens is 1. The minimum Gasteiger partial charge on any atom is -0.346 e. The third kappa shape index (κ3) is 1.95. The van der Waals surface area contributed by atoms with Crippen molar-refractivity contribution in [3.05, 3.63) is 42.7 Å². The van der Waals surface area contributed by atoms with Crippen LogP contribution in [0.15, 0.2) is 37.2 Å². The van der Waals surface area contributed by atoms with Crippen LogP contribution in [-0.2, 0) is 0 Å². The molecule has 0 amide bonds. The number of piperidine rings is 1. The van der Waals surface area contributed by atoms with Gasteiger partial charge >= 0.3 is 0 Å². The summed E-state index contributed by atoms with van der Waals surface area (Å²) in [7, 11) is 0. The molecule has 0 bridgehead atoms. The van der Waals surface area contributed by atoms with Gasteiger partial charge in [0.2, 0.25) is 0 Å². The van der Waals surface area contributed by atoms with Gasteiger partial charge in [0.25, 0.3) is 0 Å². The molecule has 2 aromatic rings. The molecule has 1 fully saturated rings. The molecular weight excluding hydrogens is 222 g/mol. The average molecular weight is 241 g/mol. The van der Waals surface area contributed by atoms with Crippen molar-refractivity contribution in [2.24, 2.45) is 0 Å². The zero-order valence-electron chi connectivity index (χ0n) is 10.6. The molecule has 3 rings (SSSR count). The fraction of sp³-hybridized carbons (Fsp3) is 0.400. The van der Waals surface area contributed by atoms with Gasteiger partial charge in [0, 0.05) is 23.3 Å². The van der Waals surface area contributed by atoms with E-state index in [0.717, 1.165) is 5.65 Å². The molecule has 2 aromatic heterocycles. The molecule has 1 unspecified atom stereocenters. The lowest BCUT2D eigenvalue weighted by molar-refractivity contribution is 0.193.